The molecule has 4 rings (SSSR count). The van der Waals surface area contributed by atoms with Gasteiger partial charge in [-0.1, -0.05) is 17.3 Å². The van der Waals surface area contributed by atoms with E-state index in [2.05, 4.69) is 15.0 Å². The number of rotatable bonds is 5. The maximum absolute atomic E-state index is 13.7. The van der Waals surface area contributed by atoms with Crippen LogP contribution in [0.1, 0.15) is 41.3 Å². The second-order valence-corrected chi connectivity index (χ2v) is 7.77. The third-order valence-corrected chi connectivity index (χ3v) is 5.74. The van der Waals surface area contributed by atoms with Crippen LogP contribution in [0.5, 0.6) is 11.5 Å². The molecule has 0 bridgehead atoms. The zero-order chi connectivity index (χ0) is 22.2. The Bertz CT molecular complexity index is 1080. The Hall–Kier alpha value is -2.81. The summed E-state index contributed by atoms with van der Waals surface area (Å²) in [5.41, 5.74) is 0.745. The summed E-state index contributed by atoms with van der Waals surface area (Å²) in [5, 5.41) is 3.62. The first-order valence-electron chi connectivity index (χ1n) is 10.1. The molecule has 1 atom stereocenters. The molecule has 0 spiro atoms. The van der Waals surface area contributed by atoms with E-state index in [-0.39, 0.29) is 22.7 Å². The number of likely N-dealkylation sites (tertiary alicyclic amines) is 1. The Kier molecular flexibility index (Phi) is 5.79. The fraction of sp³-hybridized carbons (Fsp3) is 0.455. The Morgan fingerprint density at radius 3 is 2.74 bits per heavy atom. The highest BCUT2D eigenvalue weighted by molar-refractivity contribution is 5.80. The van der Waals surface area contributed by atoms with Crippen molar-refractivity contribution < 1.29 is 27.2 Å². The fourth-order valence-electron chi connectivity index (χ4n) is 4.31. The summed E-state index contributed by atoms with van der Waals surface area (Å²) < 4.78 is 57.1. The topological polar surface area (TPSA) is 60.6 Å². The van der Waals surface area contributed by atoms with Gasteiger partial charge in [0.25, 0.3) is 5.71 Å². The molecule has 1 fully saturated rings. The molecule has 2 aromatic heterocycles. The molecule has 1 saturated heterocycles. The number of hydrogen-bond acceptors (Lipinski definition) is 6. The summed E-state index contributed by atoms with van der Waals surface area (Å²) in [4.78, 5) is 6.60. The van der Waals surface area contributed by atoms with Gasteiger partial charge < -0.3 is 14.0 Å². The van der Waals surface area contributed by atoms with Crippen LogP contribution in [0, 0.1) is 6.92 Å². The second kappa shape index (κ2) is 8.37. The largest absolute Gasteiger partial charge is 0.493 e. The van der Waals surface area contributed by atoms with Crippen LogP contribution in [0.15, 0.2) is 28.8 Å². The molecule has 31 heavy (non-hydrogen) atoms. The summed E-state index contributed by atoms with van der Waals surface area (Å²) in [6.07, 6.45) is -2.89. The van der Waals surface area contributed by atoms with Crippen molar-refractivity contribution in [3.05, 3.63) is 46.8 Å². The number of fused-ring (bicyclic) bond motifs is 1. The molecule has 0 radical (unpaired) electrons. The number of ether oxygens (including phenoxy) is 2. The molecule has 1 aliphatic heterocycles. The quantitative estimate of drug-likeness (QED) is 0.565. The molecule has 6 nitrogen and oxygen atoms in total. The van der Waals surface area contributed by atoms with Gasteiger partial charge in [0, 0.05) is 30.3 Å². The number of para-hydroxylation sites is 1. The van der Waals surface area contributed by atoms with Gasteiger partial charge in [0.2, 0.25) is 0 Å². The van der Waals surface area contributed by atoms with Gasteiger partial charge in [0.15, 0.2) is 11.5 Å². The van der Waals surface area contributed by atoms with Crippen molar-refractivity contribution in [1.82, 2.24) is 15.0 Å². The highest BCUT2D eigenvalue weighted by atomic mass is 19.4. The number of halogens is 3. The molecular weight excluding hydrogens is 411 g/mol. The SMILES string of the molecule is COc1cccc(CN2CCC[C@H](c3cc(C(F)(F)F)c4c(C)noc4n3)C2)c1OC. The molecule has 3 heterocycles. The van der Waals surface area contributed by atoms with Gasteiger partial charge in [-0.25, -0.2) is 4.98 Å². The number of methoxy groups -OCH3 is 2. The van der Waals surface area contributed by atoms with E-state index in [1.807, 2.05) is 18.2 Å². The van der Waals surface area contributed by atoms with Gasteiger partial charge in [-0.2, -0.15) is 13.2 Å². The number of pyridine rings is 1. The van der Waals surface area contributed by atoms with E-state index >= 15 is 0 Å². The molecule has 1 aromatic carbocycles. The van der Waals surface area contributed by atoms with Crippen molar-refractivity contribution in [2.45, 2.75) is 38.4 Å². The number of piperidine rings is 1. The Balaban J connectivity index is 1.62. The van der Waals surface area contributed by atoms with Crippen molar-refractivity contribution in [1.29, 1.82) is 0 Å². The summed E-state index contributed by atoms with van der Waals surface area (Å²) in [5.74, 6) is 1.18. The first kappa shape index (κ1) is 21.4. The predicted octanol–water partition coefficient (Wildman–Crippen LogP) is 4.95. The van der Waals surface area contributed by atoms with Crippen molar-refractivity contribution in [2.24, 2.45) is 0 Å². The predicted molar refractivity (Wildman–Crippen MR) is 108 cm³/mol. The van der Waals surface area contributed by atoms with Crippen LogP contribution in [0.25, 0.3) is 11.1 Å². The van der Waals surface area contributed by atoms with E-state index in [1.54, 1.807) is 14.2 Å². The number of aromatic nitrogens is 2. The van der Waals surface area contributed by atoms with Crippen LogP contribution < -0.4 is 9.47 Å². The molecule has 0 N–H and O–H groups in total. The molecule has 1 aliphatic rings. The van der Waals surface area contributed by atoms with E-state index < -0.39 is 11.7 Å². The van der Waals surface area contributed by atoms with E-state index in [4.69, 9.17) is 14.0 Å². The summed E-state index contributed by atoms with van der Waals surface area (Å²) in [6.45, 7) is 3.52. The third-order valence-electron chi connectivity index (χ3n) is 5.74. The van der Waals surface area contributed by atoms with Crippen LogP contribution in [0.4, 0.5) is 13.2 Å². The van der Waals surface area contributed by atoms with Crippen molar-refractivity contribution in [3.63, 3.8) is 0 Å². The molecule has 0 unspecified atom stereocenters. The van der Waals surface area contributed by atoms with E-state index in [0.29, 0.717) is 30.3 Å². The van der Waals surface area contributed by atoms with Crippen LogP contribution in [-0.2, 0) is 12.7 Å². The molecule has 0 amide bonds. The van der Waals surface area contributed by atoms with Crippen LogP contribution in [0.2, 0.25) is 0 Å². The maximum atomic E-state index is 13.7. The summed E-state index contributed by atoms with van der Waals surface area (Å²) in [7, 11) is 3.18. The minimum absolute atomic E-state index is 0.0612. The zero-order valence-corrected chi connectivity index (χ0v) is 17.6. The summed E-state index contributed by atoms with van der Waals surface area (Å²) >= 11 is 0. The molecule has 166 valence electrons. The van der Waals surface area contributed by atoms with Gasteiger partial charge in [-0.3, -0.25) is 4.90 Å². The van der Waals surface area contributed by atoms with Crippen molar-refractivity contribution in [2.75, 3.05) is 27.3 Å². The number of nitrogens with zero attached hydrogens (tertiary/aromatic N) is 3. The average Bonchev–Trinajstić information content (AvgIpc) is 3.13. The number of aryl methyl sites for hydroxylation is 1. The highest BCUT2D eigenvalue weighted by Crippen LogP contribution is 2.39. The highest BCUT2D eigenvalue weighted by Gasteiger charge is 2.37. The lowest BCUT2D eigenvalue weighted by Gasteiger charge is -2.33. The Morgan fingerprint density at radius 1 is 1.23 bits per heavy atom. The van der Waals surface area contributed by atoms with Crippen LogP contribution >= 0.6 is 0 Å². The molecule has 9 heteroatoms. The van der Waals surface area contributed by atoms with Gasteiger partial charge in [0.05, 0.1) is 30.9 Å². The number of hydrogen-bond donors (Lipinski definition) is 0. The van der Waals surface area contributed by atoms with Gasteiger partial charge in [0.1, 0.15) is 0 Å². The Morgan fingerprint density at radius 2 is 2.03 bits per heavy atom. The van der Waals surface area contributed by atoms with Crippen molar-refractivity contribution >= 4 is 11.1 Å². The van der Waals surface area contributed by atoms with Gasteiger partial charge >= 0.3 is 6.18 Å². The molecule has 0 saturated carbocycles. The monoisotopic (exact) mass is 435 g/mol. The Labute approximate surface area is 177 Å². The normalized spacial score (nSPS) is 17.8. The van der Waals surface area contributed by atoms with E-state index in [0.717, 1.165) is 31.0 Å². The minimum atomic E-state index is -4.51. The lowest BCUT2D eigenvalue weighted by Crippen LogP contribution is -2.34. The second-order valence-electron chi connectivity index (χ2n) is 7.77. The molecule has 3 aromatic rings. The van der Waals surface area contributed by atoms with Gasteiger partial charge in [-0.15, -0.1) is 0 Å². The maximum Gasteiger partial charge on any atom is 0.417 e. The van der Waals surface area contributed by atoms with Crippen molar-refractivity contribution in [3.8, 4) is 11.5 Å². The van der Waals surface area contributed by atoms with Gasteiger partial charge in [-0.05, 0) is 38.4 Å². The lowest BCUT2D eigenvalue weighted by molar-refractivity contribution is -0.136. The van der Waals surface area contributed by atoms with Crippen LogP contribution in [-0.4, -0.2) is 42.3 Å². The van der Waals surface area contributed by atoms with E-state index in [9.17, 15) is 13.2 Å². The number of benzene rings is 1. The summed E-state index contributed by atoms with van der Waals surface area (Å²) in [6, 6.07) is 6.86. The fourth-order valence-corrected chi connectivity index (χ4v) is 4.31. The van der Waals surface area contributed by atoms with E-state index in [1.165, 1.54) is 6.92 Å². The standard InChI is InChI=1S/C22H24F3N3O3/c1-13-19-16(22(23,24)25)10-17(26-21(19)31-27-13)14-7-5-9-28(11-14)12-15-6-4-8-18(29-2)20(15)30-3/h4,6,8,10,14H,5,7,9,11-12H2,1-3H3/t14-/m0/s1. The van der Waals surface area contributed by atoms with Crippen LogP contribution in [0.3, 0.4) is 0 Å². The molecular formula is C22H24F3N3O3. The zero-order valence-electron chi connectivity index (χ0n) is 17.6. The first-order chi connectivity index (χ1) is 14.8. The first-order valence-corrected chi connectivity index (χ1v) is 10.1. The average molecular weight is 435 g/mol. The minimum Gasteiger partial charge on any atom is -0.493 e. The molecule has 0 aliphatic carbocycles. The lowest BCUT2D eigenvalue weighted by atomic mass is 9.92. The third kappa shape index (κ3) is 4.19. The number of alkyl halides is 3. The smallest absolute Gasteiger partial charge is 0.417 e.